The highest BCUT2D eigenvalue weighted by atomic mass is 32.1. The van der Waals surface area contributed by atoms with E-state index in [1.165, 1.54) is 11.3 Å². The van der Waals surface area contributed by atoms with Crippen LogP contribution in [0.3, 0.4) is 0 Å². The zero-order valence-corrected chi connectivity index (χ0v) is 14.2. The van der Waals surface area contributed by atoms with Gasteiger partial charge in [0.25, 0.3) is 5.91 Å². The Morgan fingerprint density at radius 1 is 1.29 bits per heavy atom. The van der Waals surface area contributed by atoms with Gasteiger partial charge in [-0.3, -0.25) is 4.79 Å². The lowest BCUT2D eigenvalue weighted by Gasteiger charge is -2.38. The lowest BCUT2D eigenvalue weighted by molar-refractivity contribution is -0.0395. The molecule has 126 valence electrons. The SMILES string of the molecule is O=C(c1cccs1)N1CCC2(CC1)CC(Oc1ccccn1)CO2. The first-order chi connectivity index (χ1) is 11.7. The molecule has 4 heterocycles. The molecule has 1 amide bonds. The average molecular weight is 344 g/mol. The van der Waals surface area contributed by atoms with Crippen molar-refractivity contribution in [2.75, 3.05) is 19.7 Å². The lowest BCUT2D eigenvalue weighted by atomic mass is 9.88. The maximum Gasteiger partial charge on any atom is 0.263 e. The van der Waals surface area contributed by atoms with Crippen LogP contribution in [0.4, 0.5) is 0 Å². The highest BCUT2D eigenvalue weighted by Crippen LogP contribution is 2.37. The van der Waals surface area contributed by atoms with Crippen LogP contribution in [0.15, 0.2) is 41.9 Å². The van der Waals surface area contributed by atoms with Gasteiger partial charge in [-0.15, -0.1) is 11.3 Å². The number of likely N-dealkylation sites (tertiary alicyclic amines) is 1. The minimum atomic E-state index is -0.147. The van der Waals surface area contributed by atoms with Gasteiger partial charge in [0.05, 0.1) is 17.1 Å². The quantitative estimate of drug-likeness (QED) is 0.859. The van der Waals surface area contributed by atoms with Crippen molar-refractivity contribution in [1.29, 1.82) is 0 Å². The van der Waals surface area contributed by atoms with Gasteiger partial charge in [0, 0.05) is 31.8 Å². The standard InChI is InChI=1S/C18H20N2O3S/c21-17(15-4-3-11-24-15)20-9-6-18(7-10-20)12-14(13-22-18)23-16-5-1-2-8-19-16/h1-5,8,11,14H,6-7,9-10,12-13H2. The number of carbonyl (C=O) groups is 1. The first kappa shape index (κ1) is 15.6. The number of carbonyl (C=O) groups excluding carboxylic acids is 1. The van der Waals surface area contributed by atoms with Gasteiger partial charge < -0.3 is 14.4 Å². The molecule has 0 aliphatic carbocycles. The van der Waals surface area contributed by atoms with Gasteiger partial charge in [0.2, 0.25) is 5.88 Å². The van der Waals surface area contributed by atoms with Crippen molar-refractivity contribution < 1.29 is 14.3 Å². The average Bonchev–Trinajstić information content (AvgIpc) is 3.27. The van der Waals surface area contributed by atoms with Crippen molar-refractivity contribution in [3.63, 3.8) is 0 Å². The summed E-state index contributed by atoms with van der Waals surface area (Å²) in [5, 5.41) is 1.94. The Bertz CT molecular complexity index is 682. The second-order valence-corrected chi connectivity index (χ2v) is 7.32. The van der Waals surface area contributed by atoms with E-state index in [1.54, 1.807) is 6.20 Å². The second-order valence-electron chi connectivity index (χ2n) is 6.38. The fourth-order valence-corrected chi connectivity index (χ4v) is 4.18. The van der Waals surface area contributed by atoms with Crippen LogP contribution in [0.25, 0.3) is 0 Å². The first-order valence-corrected chi connectivity index (χ1v) is 9.17. The molecule has 2 aromatic heterocycles. The summed E-state index contributed by atoms with van der Waals surface area (Å²) in [4.78, 5) is 19.4. The smallest absolute Gasteiger partial charge is 0.263 e. The molecular formula is C18H20N2O3S. The van der Waals surface area contributed by atoms with Gasteiger partial charge in [-0.05, 0) is 30.4 Å². The molecule has 0 radical (unpaired) electrons. The zero-order valence-electron chi connectivity index (χ0n) is 13.4. The van der Waals surface area contributed by atoms with E-state index < -0.39 is 0 Å². The molecule has 0 saturated carbocycles. The molecular weight excluding hydrogens is 324 g/mol. The molecule has 5 nitrogen and oxygen atoms in total. The van der Waals surface area contributed by atoms with Gasteiger partial charge >= 0.3 is 0 Å². The lowest BCUT2D eigenvalue weighted by Crippen LogP contribution is -2.46. The summed E-state index contributed by atoms with van der Waals surface area (Å²) in [6.45, 7) is 2.08. The number of rotatable bonds is 3. The van der Waals surface area contributed by atoms with Crippen LogP contribution in [0.1, 0.15) is 28.9 Å². The van der Waals surface area contributed by atoms with Crippen LogP contribution in [-0.2, 0) is 4.74 Å². The van der Waals surface area contributed by atoms with Crippen molar-refractivity contribution in [3.05, 3.63) is 46.8 Å². The van der Waals surface area contributed by atoms with Crippen molar-refractivity contribution >= 4 is 17.2 Å². The summed E-state index contributed by atoms with van der Waals surface area (Å²) < 4.78 is 12.0. The van der Waals surface area contributed by atoms with E-state index in [4.69, 9.17) is 9.47 Å². The Hall–Kier alpha value is -1.92. The Morgan fingerprint density at radius 3 is 2.88 bits per heavy atom. The normalized spacial score (nSPS) is 22.7. The van der Waals surface area contributed by atoms with Gasteiger partial charge in [0.15, 0.2) is 0 Å². The summed E-state index contributed by atoms with van der Waals surface area (Å²) in [6, 6.07) is 9.47. The summed E-state index contributed by atoms with van der Waals surface area (Å²) in [5.74, 6) is 0.785. The fraction of sp³-hybridized carbons (Fsp3) is 0.444. The van der Waals surface area contributed by atoms with Crippen LogP contribution in [0.5, 0.6) is 5.88 Å². The van der Waals surface area contributed by atoms with Gasteiger partial charge in [-0.1, -0.05) is 12.1 Å². The number of nitrogens with zero attached hydrogens (tertiary/aromatic N) is 2. The molecule has 1 unspecified atom stereocenters. The predicted octanol–water partition coefficient (Wildman–Crippen LogP) is 2.99. The first-order valence-electron chi connectivity index (χ1n) is 8.29. The third-order valence-electron chi connectivity index (χ3n) is 4.79. The molecule has 1 atom stereocenters. The number of hydrogen-bond acceptors (Lipinski definition) is 5. The van der Waals surface area contributed by atoms with Crippen molar-refractivity contribution in [1.82, 2.24) is 9.88 Å². The minimum absolute atomic E-state index is 0.0412. The highest BCUT2D eigenvalue weighted by molar-refractivity contribution is 7.12. The third kappa shape index (κ3) is 3.16. The Labute approximate surface area is 145 Å². The van der Waals surface area contributed by atoms with Crippen LogP contribution in [-0.4, -0.2) is 47.2 Å². The third-order valence-corrected chi connectivity index (χ3v) is 5.65. The molecule has 2 aliphatic rings. The Balaban J connectivity index is 1.33. The Morgan fingerprint density at radius 2 is 2.17 bits per heavy atom. The molecule has 2 aromatic rings. The molecule has 2 aliphatic heterocycles. The summed E-state index contributed by atoms with van der Waals surface area (Å²) in [6.07, 6.45) is 4.37. The molecule has 4 rings (SSSR count). The van der Waals surface area contributed by atoms with Crippen LogP contribution >= 0.6 is 11.3 Å². The highest BCUT2D eigenvalue weighted by Gasteiger charge is 2.44. The van der Waals surface area contributed by atoms with E-state index in [-0.39, 0.29) is 17.6 Å². The van der Waals surface area contributed by atoms with Crippen molar-refractivity contribution in [2.45, 2.75) is 31.0 Å². The molecule has 6 heteroatoms. The zero-order chi connectivity index (χ0) is 16.4. The molecule has 2 fully saturated rings. The van der Waals surface area contributed by atoms with Gasteiger partial charge in [-0.25, -0.2) is 4.98 Å². The maximum atomic E-state index is 12.4. The molecule has 0 bridgehead atoms. The number of piperidine rings is 1. The van der Waals surface area contributed by atoms with E-state index in [0.29, 0.717) is 12.5 Å². The Kier molecular flexibility index (Phi) is 4.24. The second kappa shape index (κ2) is 6.53. The van der Waals surface area contributed by atoms with Gasteiger partial charge in [-0.2, -0.15) is 0 Å². The van der Waals surface area contributed by atoms with Crippen LogP contribution in [0, 0.1) is 0 Å². The molecule has 24 heavy (non-hydrogen) atoms. The van der Waals surface area contributed by atoms with Crippen molar-refractivity contribution in [3.8, 4) is 5.88 Å². The predicted molar refractivity (Wildman–Crippen MR) is 91.4 cm³/mol. The number of thiophene rings is 1. The summed E-state index contributed by atoms with van der Waals surface area (Å²) in [5.41, 5.74) is -0.147. The van der Waals surface area contributed by atoms with Crippen LogP contribution in [0.2, 0.25) is 0 Å². The molecule has 1 spiro atoms. The number of aromatic nitrogens is 1. The van der Waals surface area contributed by atoms with E-state index in [0.717, 1.165) is 37.2 Å². The van der Waals surface area contributed by atoms with E-state index in [9.17, 15) is 4.79 Å². The molecule has 0 N–H and O–H groups in total. The van der Waals surface area contributed by atoms with Crippen LogP contribution < -0.4 is 4.74 Å². The number of ether oxygens (including phenoxy) is 2. The number of hydrogen-bond donors (Lipinski definition) is 0. The van der Waals surface area contributed by atoms with Crippen molar-refractivity contribution in [2.24, 2.45) is 0 Å². The van der Waals surface area contributed by atoms with E-state index >= 15 is 0 Å². The fourth-order valence-electron chi connectivity index (χ4n) is 3.49. The topological polar surface area (TPSA) is 51.7 Å². The number of pyridine rings is 1. The summed E-state index contributed by atoms with van der Waals surface area (Å²) in [7, 11) is 0. The molecule has 2 saturated heterocycles. The van der Waals surface area contributed by atoms with E-state index in [2.05, 4.69) is 4.98 Å². The molecule has 0 aromatic carbocycles. The number of amides is 1. The van der Waals surface area contributed by atoms with Gasteiger partial charge in [0.1, 0.15) is 6.10 Å². The minimum Gasteiger partial charge on any atom is -0.472 e. The summed E-state index contributed by atoms with van der Waals surface area (Å²) >= 11 is 1.50. The largest absolute Gasteiger partial charge is 0.472 e. The van der Waals surface area contributed by atoms with E-state index in [1.807, 2.05) is 40.6 Å². The monoisotopic (exact) mass is 344 g/mol. The maximum absolute atomic E-state index is 12.4.